The van der Waals surface area contributed by atoms with E-state index >= 15 is 0 Å². The molecule has 0 spiro atoms. The Bertz CT molecular complexity index is 328. The molecule has 0 bridgehead atoms. The molecule has 1 fully saturated rings. The molecule has 0 aromatic heterocycles. The second-order valence-electron chi connectivity index (χ2n) is 7.33. The van der Waals surface area contributed by atoms with E-state index in [0.29, 0.717) is 0 Å². The Labute approximate surface area is 136 Å². The van der Waals surface area contributed by atoms with Crippen molar-refractivity contribution in [3.8, 4) is 0 Å². The van der Waals surface area contributed by atoms with Crippen molar-refractivity contribution in [3.05, 3.63) is 0 Å². The zero-order chi connectivity index (χ0) is 16.6. The zero-order valence-corrected chi connectivity index (χ0v) is 15.2. The van der Waals surface area contributed by atoms with Gasteiger partial charge in [-0.2, -0.15) is 0 Å². The minimum atomic E-state index is -0.424. The SMILES string of the molecule is CCCCN(CCN1CCC(CNC)C1)C(=O)OC(C)(C)C. The Kier molecular flexibility index (Phi) is 8.18. The number of hydrogen-bond donors (Lipinski definition) is 1. The minimum absolute atomic E-state index is 0.174. The maximum atomic E-state index is 12.3. The van der Waals surface area contributed by atoms with E-state index in [-0.39, 0.29) is 6.09 Å². The first kappa shape index (κ1) is 19.2. The van der Waals surface area contributed by atoms with Gasteiger partial charge < -0.3 is 19.9 Å². The predicted octanol–water partition coefficient (Wildman–Crippen LogP) is 2.56. The van der Waals surface area contributed by atoms with Crippen LogP contribution in [-0.4, -0.2) is 67.8 Å². The van der Waals surface area contributed by atoms with E-state index in [9.17, 15) is 4.79 Å². The molecule has 1 amide bonds. The number of unbranched alkanes of at least 4 members (excludes halogenated alkanes) is 1. The predicted molar refractivity (Wildman–Crippen MR) is 91.2 cm³/mol. The van der Waals surface area contributed by atoms with Crippen molar-refractivity contribution in [1.82, 2.24) is 15.1 Å². The van der Waals surface area contributed by atoms with Crippen molar-refractivity contribution in [2.24, 2.45) is 5.92 Å². The number of likely N-dealkylation sites (tertiary alicyclic amines) is 1. The summed E-state index contributed by atoms with van der Waals surface area (Å²) in [5.41, 5.74) is -0.424. The number of carbonyl (C=O) groups is 1. The van der Waals surface area contributed by atoms with Crippen LogP contribution in [0.3, 0.4) is 0 Å². The summed E-state index contributed by atoms with van der Waals surface area (Å²) in [5.74, 6) is 0.746. The molecule has 0 aromatic carbocycles. The molecule has 1 aliphatic heterocycles. The summed E-state index contributed by atoms with van der Waals surface area (Å²) in [5, 5.41) is 3.26. The molecule has 5 nitrogen and oxygen atoms in total. The standard InChI is InChI=1S/C17H35N3O2/c1-6-7-9-20(16(21)22-17(2,3)4)12-11-19-10-8-15(14-19)13-18-5/h15,18H,6-14H2,1-5H3. The van der Waals surface area contributed by atoms with E-state index in [1.165, 1.54) is 6.42 Å². The van der Waals surface area contributed by atoms with Crippen molar-refractivity contribution < 1.29 is 9.53 Å². The lowest BCUT2D eigenvalue weighted by molar-refractivity contribution is 0.0233. The molecular weight excluding hydrogens is 278 g/mol. The lowest BCUT2D eigenvalue weighted by Gasteiger charge is -2.29. The quantitative estimate of drug-likeness (QED) is 0.748. The summed E-state index contributed by atoms with van der Waals surface area (Å²) in [6.45, 7) is 13.8. The lowest BCUT2D eigenvalue weighted by atomic mass is 10.1. The number of ether oxygens (including phenoxy) is 1. The third kappa shape index (κ3) is 7.45. The molecule has 5 heteroatoms. The topological polar surface area (TPSA) is 44.8 Å². The van der Waals surface area contributed by atoms with Gasteiger partial charge in [-0.25, -0.2) is 4.79 Å². The first-order valence-electron chi connectivity index (χ1n) is 8.70. The highest BCUT2D eigenvalue weighted by molar-refractivity contribution is 5.68. The van der Waals surface area contributed by atoms with Gasteiger partial charge in [0.05, 0.1) is 0 Å². The van der Waals surface area contributed by atoms with Crippen LogP contribution in [0.15, 0.2) is 0 Å². The van der Waals surface area contributed by atoms with Gasteiger partial charge in [-0.1, -0.05) is 13.3 Å². The average Bonchev–Trinajstić information content (AvgIpc) is 2.85. The molecule has 0 saturated carbocycles. The van der Waals surface area contributed by atoms with E-state index < -0.39 is 5.60 Å². The molecule has 1 saturated heterocycles. The molecule has 1 N–H and O–H groups in total. The third-order valence-electron chi connectivity index (χ3n) is 3.98. The number of rotatable bonds is 8. The Morgan fingerprint density at radius 1 is 1.36 bits per heavy atom. The number of amides is 1. The largest absolute Gasteiger partial charge is 0.444 e. The molecule has 130 valence electrons. The van der Waals surface area contributed by atoms with Crippen LogP contribution in [0.5, 0.6) is 0 Å². The first-order chi connectivity index (χ1) is 10.4. The summed E-state index contributed by atoms with van der Waals surface area (Å²) >= 11 is 0. The molecule has 22 heavy (non-hydrogen) atoms. The Morgan fingerprint density at radius 2 is 2.09 bits per heavy atom. The van der Waals surface area contributed by atoms with Gasteiger partial charge in [-0.15, -0.1) is 0 Å². The second kappa shape index (κ2) is 9.36. The number of hydrogen-bond acceptors (Lipinski definition) is 4. The highest BCUT2D eigenvalue weighted by Crippen LogP contribution is 2.16. The number of nitrogens with zero attached hydrogens (tertiary/aromatic N) is 2. The molecule has 1 heterocycles. The van der Waals surface area contributed by atoms with Crippen LogP contribution in [0, 0.1) is 5.92 Å². The highest BCUT2D eigenvalue weighted by Gasteiger charge is 2.25. The van der Waals surface area contributed by atoms with Crippen molar-refractivity contribution in [2.45, 2.75) is 52.6 Å². The highest BCUT2D eigenvalue weighted by atomic mass is 16.6. The van der Waals surface area contributed by atoms with Gasteiger partial charge >= 0.3 is 6.09 Å². The third-order valence-corrected chi connectivity index (χ3v) is 3.98. The molecule has 0 aromatic rings. The maximum Gasteiger partial charge on any atom is 0.410 e. The van der Waals surface area contributed by atoms with E-state index in [1.807, 2.05) is 32.7 Å². The van der Waals surface area contributed by atoms with Crippen molar-refractivity contribution in [3.63, 3.8) is 0 Å². The van der Waals surface area contributed by atoms with E-state index in [4.69, 9.17) is 4.74 Å². The summed E-state index contributed by atoms with van der Waals surface area (Å²) in [6.07, 6.45) is 3.20. The zero-order valence-electron chi connectivity index (χ0n) is 15.2. The van der Waals surface area contributed by atoms with Crippen LogP contribution < -0.4 is 5.32 Å². The minimum Gasteiger partial charge on any atom is -0.444 e. The fourth-order valence-electron chi connectivity index (χ4n) is 2.80. The molecule has 1 rings (SSSR count). The number of carbonyl (C=O) groups excluding carboxylic acids is 1. The maximum absolute atomic E-state index is 12.3. The van der Waals surface area contributed by atoms with E-state index in [0.717, 1.165) is 58.0 Å². The smallest absolute Gasteiger partial charge is 0.410 e. The van der Waals surface area contributed by atoms with Gasteiger partial charge in [0.25, 0.3) is 0 Å². The summed E-state index contributed by atoms with van der Waals surface area (Å²) < 4.78 is 5.53. The van der Waals surface area contributed by atoms with Crippen molar-refractivity contribution >= 4 is 6.09 Å². The average molecular weight is 313 g/mol. The molecule has 1 atom stereocenters. The summed E-state index contributed by atoms with van der Waals surface area (Å²) in [7, 11) is 2.01. The summed E-state index contributed by atoms with van der Waals surface area (Å²) in [4.78, 5) is 16.7. The molecule has 1 aliphatic rings. The molecule has 0 radical (unpaired) electrons. The Balaban J connectivity index is 2.43. The van der Waals surface area contributed by atoms with Crippen LogP contribution in [0.2, 0.25) is 0 Å². The van der Waals surface area contributed by atoms with Gasteiger partial charge in [-0.3, -0.25) is 0 Å². The van der Waals surface area contributed by atoms with Crippen LogP contribution in [0.25, 0.3) is 0 Å². The van der Waals surface area contributed by atoms with Crippen LogP contribution >= 0.6 is 0 Å². The Hall–Kier alpha value is -0.810. The van der Waals surface area contributed by atoms with Crippen LogP contribution in [-0.2, 0) is 4.74 Å². The normalized spacial score (nSPS) is 19.4. The fraction of sp³-hybridized carbons (Fsp3) is 0.941. The van der Waals surface area contributed by atoms with Crippen molar-refractivity contribution in [1.29, 1.82) is 0 Å². The number of nitrogens with one attached hydrogen (secondary N) is 1. The van der Waals surface area contributed by atoms with Gasteiger partial charge in [0.1, 0.15) is 5.60 Å². The van der Waals surface area contributed by atoms with Gasteiger partial charge in [0.15, 0.2) is 0 Å². The van der Waals surface area contributed by atoms with Gasteiger partial charge in [0, 0.05) is 26.2 Å². The van der Waals surface area contributed by atoms with E-state index in [2.05, 4.69) is 17.1 Å². The van der Waals surface area contributed by atoms with Gasteiger partial charge in [-0.05, 0) is 59.7 Å². The fourth-order valence-corrected chi connectivity index (χ4v) is 2.80. The monoisotopic (exact) mass is 313 g/mol. The molecule has 0 aliphatic carbocycles. The molecular formula is C17H35N3O2. The van der Waals surface area contributed by atoms with Gasteiger partial charge in [0.2, 0.25) is 0 Å². The van der Waals surface area contributed by atoms with Crippen molar-refractivity contribution in [2.75, 3.05) is 46.3 Å². The second-order valence-corrected chi connectivity index (χ2v) is 7.33. The van der Waals surface area contributed by atoms with Crippen LogP contribution in [0.4, 0.5) is 4.79 Å². The lowest BCUT2D eigenvalue weighted by Crippen LogP contribution is -2.41. The van der Waals surface area contributed by atoms with Crippen LogP contribution in [0.1, 0.15) is 47.0 Å². The molecule has 1 unspecified atom stereocenters. The first-order valence-corrected chi connectivity index (χ1v) is 8.70. The van der Waals surface area contributed by atoms with E-state index in [1.54, 1.807) is 0 Å². The Morgan fingerprint density at radius 3 is 2.68 bits per heavy atom. The summed E-state index contributed by atoms with van der Waals surface area (Å²) in [6, 6.07) is 0.